The number of rotatable bonds is 8. The molecular formula is C28H31ClN4O4. The Balaban J connectivity index is 1.63. The lowest BCUT2D eigenvalue weighted by atomic mass is 9.99. The molecule has 3 aromatic rings. The number of fused-ring (bicyclic) bond motifs is 1. The van der Waals surface area contributed by atoms with Gasteiger partial charge in [-0.1, -0.05) is 36.7 Å². The second-order valence-corrected chi connectivity index (χ2v) is 9.74. The van der Waals surface area contributed by atoms with Crippen molar-refractivity contribution in [1.82, 2.24) is 14.8 Å². The molecule has 9 heteroatoms. The number of amides is 2. The van der Waals surface area contributed by atoms with Crippen LogP contribution in [0.4, 0.5) is 5.69 Å². The van der Waals surface area contributed by atoms with Crippen molar-refractivity contribution in [1.29, 1.82) is 0 Å². The van der Waals surface area contributed by atoms with E-state index in [2.05, 4.69) is 15.2 Å². The predicted molar refractivity (Wildman–Crippen MR) is 143 cm³/mol. The second kappa shape index (κ2) is 12.2. The van der Waals surface area contributed by atoms with Crippen LogP contribution in [-0.4, -0.2) is 71.1 Å². The zero-order chi connectivity index (χ0) is 26.4. The Morgan fingerprint density at radius 1 is 1.19 bits per heavy atom. The van der Waals surface area contributed by atoms with E-state index in [9.17, 15) is 14.7 Å². The highest BCUT2D eigenvalue weighted by Gasteiger charge is 2.32. The van der Waals surface area contributed by atoms with Crippen LogP contribution < -0.4 is 10.1 Å². The third-order valence-electron chi connectivity index (χ3n) is 6.36. The van der Waals surface area contributed by atoms with Gasteiger partial charge in [0.05, 0.1) is 17.9 Å². The molecule has 2 aromatic carbocycles. The zero-order valence-electron chi connectivity index (χ0n) is 20.9. The lowest BCUT2D eigenvalue weighted by Crippen LogP contribution is -2.47. The van der Waals surface area contributed by atoms with Crippen LogP contribution in [0.1, 0.15) is 33.2 Å². The summed E-state index contributed by atoms with van der Waals surface area (Å²) >= 11 is 6.03. The number of nitrogens with zero attached hydrogens (tertiary/aromatic N) is 3. The van der Waals surface area contributed by atoms with Gasteiger partial charge in [-0.3, -0.25) is 19.5 Å². The van der Waals surface area contributed by atoms with Gasteiger partial charge in [0.25, 0.3) is 11.8 Å². The summed E-state index contributed by atoms with van der Waals surface area (Å²) in [5, 5.41) is 13.2. The minimum atomic E-state index is -0.328. The highest BCUT2D eigenvalue weighted by molar-refractivity contribution is 6.30. The quantitative estimate of drug-likeness (QED) is 0.465. The van der Waals surface area contributed by atoms with E-state index in [0.717, 1.165) is 5.56 Å². The molecule has 0 fully saturated rings. The fourth-order valence-corrected chi connectivity index (χ4v) is 4.54. The van der Waals surface area contributed by atoms with Crippen LogP contribution in [0, 0.1) is 5.92 Å². The van der Waals surface area contributed by atoms with Crippen LogP contribution in [0.3, 0.4) is 0 Å². The van der Waals surface area contributed by atoms with E-state index in [1.54, 1.807) is 47.6 Å². The lowest BCUT2D eigenvalue weighted by molar-refractivity contribution is 0.0459. The first-order valence-electron chi connectivity index (χ1n) is 12.2. The van der Waals surface area contributed by atoms with Gasteiger partial charge in [-0.25, -0.2) is 0 Å². The summed E-state index contributed by atoms with van der Waals surface area (Å²) in [7, 11) is 2.01. The van der Waals surface area contributed by atoms with E-state index >= 15 is 0 Å². The molecule has 1 aromatic heterocycles. The number of carbonyl (C=O) groups is 2. The smallest absolute Gasteiger partial charge is 0.257 e. The number of hydrogen-bond donors (Lipinski definition) is 2. The average molecular weight is 523 g/mol. The minimum absolute atomic E-state index is 0.0414. The molecule has 0 spiro atoms. The van der Waals surface area contributed by atoms with E-state index in [1.165, 1.54) is 0 Å². The van der Waals surface area contributed by atoms with Gasteiger partial charge in [-0.2, -0.15) is 0 Å². The van der Waals surface area contributed by atoms with Gasteiger partial charge in [0.2, 0.25) is 0 Å². The number of hydrogen-bond acceptors (Lipinski definition) is 6. The number of para-hydroxylation sites is 1. The fourth-order valence-electron chi connectivity index (χ4n) is 4.42. The van der Waals surface area contributed by atoms with Crippen molar-refractivity contribution in [2.45, 2.75) is 19.6 Å². The number of benzene rings is 2. The van der Waals surface area contributed by atoms with Crippen molar-refractivity contribution in [2.75, 3.05) is 38.6 Å². The van der Waals surface area contributed by atoms with Gasteiger partial charge in [0.1, 0.15) is 6.10 Å². The van der Waals surface area contributed by atoms with E-state index in [1.807, 2.05) is 38.2 Å². The first-order valence-corrected chi connectivity index (χ1v) is 12.6. The molecule has 0 bridgehead atoms. The van der Waals surface area contributed by atoms with Gasteiger partial charge >= 0.3 is 0 Å². The SMILES string of the molecule is CC1CN(CCO)C(=O)c2cccc(NC(=O)c3ccncc3)c2O[C@H]1CN(C)Cc1ccc(Cl)cc1. The highest BCUT2D eigenvalue weighted by Crippen LogP contribution is 2.34. The molecule has 2 amide bonds. The minimum Gasteiger partial charge on any atom is -0.486 e. The van der Waals surface area contributed by atoms with E-state index in [-0.39, 0.29) is 37.0 Å². The molecule has 0 saturated carbocycles. The Bertz CT molecular complexity index is 1220. The number of aromatic nitrogens is 1. The number of pyridine rings is 1. The van der Waals surface area contributed by atoms with Gasteiger partial charge in [0.15, 0.2) is 5.75 Å². The Hall–Kier alpha value is -3.46. The largest absolute Gasteiger partial charge is 0.486 e. The number of carbonyl (C=O) groups excluding carboxylic acids is 2. The van der Waals surface area contributed by atoms with Crippen molar-refractivity contribution >= 4 is 29.1 Å². The van der Waals surface area contributed by atoms with Crippen molar-refractivity contribution in [3.05, 3.63) is 88.7 Å². The topological polar surface area (TPSA) is 95.0 Å². The van der Waals surface area contributed by atoms with E-state index in [4.69, 9.17) is 16.3 Å². The predicted octanol–water partition coefficient (Wildman–Crippen LogP) is 3.95. The maximum atomic E-state index is 13.4. The molecule has 4 rings (SSSR count). The maximum Gasteiger partial charge on any atom is 0.257 e. The van der Waals surface area contributed by atoms with Crippen molar-refractivity contribution in [3.63, 3.8) is 0 Å². The molecule has 0 saturated heterocycles. The second-order valence-electron chi connectivity index (χ2n) is 9.30. The van der Waals surface area contributed by atoms with Crippen LogP contribution >= 0.6 is 11.6 Å². The standard InChI is InChI=1S/C28H31ClN4O4/c1-19-16-33(14-15-34)28(36)23-4-3-5-24(31-27(35)21-10-12-30-13-11-21)26(23)37-25(19)18-32(2)17-20-6-8-22(29)9-7-20/h3-13,19,25,34H,14-18H2,1-2H3,(H,31,35)/t19?,25-/m0/s1. The normalized spacial score (nSPS) is 17.5. The van der Waals surface area contributed by atoms with Crippen LogP contribution in [0.15, 0.2) is 67.0 Å². The summed E-state index contributed by atoms with van der Waals surface area (Å²) in [6.45, 7) is 3.80. The van der Waals surface area contributed by atoms with Crippen molar-refractivity contribution in [3.8, 4) is 5.75 Å². The molecule has 8 nitrogen and oxygen atoms in total. The summed E-state index contributed by atoms with van der Waals surface area (Å²) in [5.74, 6) is -0.288. The number of nitrogens with one attached hydrogen (secondary N) is 1. The van der Waals surface area contributed by atoms with Crippen LogP contribution in [0.2, 0.25) is 5.02 Å². The van der Waals surface area contributed by atoms with Crippen LogP contribution in [-0.2, 0) is 6.54 Å². The highest BCUT2D eigenvalue weighted by atomic mass is 35.5. The number of likely N-dealkylation sites (N-methyl/N-ethyl adjacent to an activating group) is 1. The fraction of sp³-hybridized carbons (Fsp3) is 0.321. The molecule has 1 aliphatic rings. The van der Waals surface area contributed by atoms with Crippen LogP contribution in [0.25, 0.3) is 0 Å². The third-order valence-corrected chi connectivity index (χ3v) is 6.61. The third kappa shape index (κ3) is 6.65. The van der Waals surface area contributed by atoms with Gasteiger partial charge < -0.3 is 20.1 Å². The molecule has 194 valence electrons. The summed E-state index contributed by atoms with van der Waals surface area (Å²) in [6.07, 6.45) is 2.81. The summed E-state index contributed by atoms with van der Waals surface area (Å²) in [6, 6.07) is 16.1. The van der Waals surface area contributed by atoms with Crippen LogP contribution in [0.5, 0.6) is 5.75 Å². The molecular weight excluding hydrogens is 492 g/mol. The number of β-amino-alcohol motifs (C(OH)–C–C–N with tert-alkyl or cyclic N) is 1. The van der Waals surface area contributed by atoms with E-state index in [0.29, 0.717) is 47.2 Å². The first kappa shape index (κ1) is 26.6. The Labute approximate surface area is 221 Å². The number of anilines is 1. The van der Waals surface area contributed by atoms with E-state index < -0.39 is 0 Å². The number of halogens is 1. The first-order chi connectivity index (χ1) is 17.9. The number of aliphatic hydroxyl groups is 1. The average Bonchev–Trinajstić information content (AvgIpc) is 2.89. The molecule has 0 aliphatic carbocycles. The van der Waals surface area contributed by atoms with Crippen molar-refractivity contribution < 1.29 is 19.4 Å². The summed E-state index contributed by atoms with van der Waals surface area (Å²) < 4.78 is 6.54. The molecule has 37 heavy (non-hydrogen) atoms. The molecule has 1 aliphatic heterocycles. The van der Waals surface area contributed by atoms with Gasteiger partial charge in [-0.05, 0) is 49.0 Å². The molecule has 2 N–H and O–H groups in total. The Kier molecular flexibility index (Phi) is 8.76. The molecule has 0 radical (unpaired) electrons. The zero-order valence-corrected chi connectivity index (χ0v) is 21.7. The van der Waals surface area contributed by atoms with Gasteiger partial charge in [-0.15, -0.1) is 0 Å². The monoisotopic (exact) mass is 522 g/mol. The number of aliphatic hydroxyl groups excluding tert-OH is 1. The maximum absolute atomic E-state index is 13.4. The lowest BCUT2D eigenvalue weighted by Gasteiger charge is -2.36. The number of ether oxygens (including phenoxy) is 1. The molecule has 1 unspecified atom stereocenters. The van der Waals surface area contributed by atoms with Gasteiger partial charge in [0, 0.05) is 55.1 Å². The summed E-state index contributed by atoms with van der Waals surface area (Å²) in [4.78, 5) is 34.1. The Morgan fingerprint density at radius 2 is 1.92 bits per heavy atom. The molecule has 2 atom stereocenters. The summed E-state index contributed by atoms with van der Waals surface area (Å²) in [5.41, 5.74) is 2.32. The Morgan fingerprint density at radius 3 is 2.62 bits per heavy atom. The van der Waals surface area contributed by atoms with Crippen molar-refractivity contribution in [2.24, 2.45) is 5.92 Å². The molecule has 2 heterocycles.